The maximum absolute atomic E-state index is 12.5. The van der Waals surface area contributed by atoms with Crippen molar-refractivity contribution in [3.8, 4) is 11.1 Å². The van der Waals surface area contributed by atoms with E-state index in [0.717, 1.165) is 28.7 Å². The predicted octanol–water partition coefficient (Wildman–Crippen LogP) is 3.54. The lowest BCUT2D eigenvalue weighted by Gasteiger charge is -2.26. The molecule has 0 spiro atoms. The molecule has 180 valence electrons. The first-order chi connectivity index (χ1) is 17.0. The van der Waals surface area contributed by atoms with Gasteiger partial charge in [0.2, 0.25) is 5.82 Å². The molecule has 1 fully saturated rings. The smallest absolute Gasteiger partial charge is 0.414 e. The number of amides is 2. The highest BCUT2D eigenvalue weighted by Crippen LogP contribution is 2.44. The molecule has 0 saturated heterocycles. The minimum atomic E-state index is -0.849. The van der Waals surface area contributed by atoms with E-state index in [-0.39, 0.29) is 30.3 Å². The number of hydrogen-bond donors (Lipinski definition) is 4. The average Bonchev–Trinajstić information content (AvgIpc) is 3.46. The molecule has 2 amide bonds. The Labute approximate surface area is 201 Å². The molecule has 3 aromatic rings. The van der Waals surface area contributed by atoms with Crippen LogP contribution in [0.4, 0.5) is 10.7 Å². The lowest BCUT2D eigenvalue weighted by atomic mass is 9.86. The van der Waals surface area contributed by atoms with Crippen LogP contribution in [0.2, 0.25) is 0 Å². The molecule has 1 saturated carbocycles. The van der Waals surface area contributed by atoms with Crippen molar-refractivity contribution < 1.29 is 24.2 Å². The number of aliphatic carboxylic acids is 1. The van der Waals surface area contributed by atoms with Crippen LogP contribution in [0.15, 0.2) is 48.5 Å². The standard InChI is InChI=1S/C25H25N5O5/c31-22(26-15-7-5-6-14(12-15)23(32)33)21-27-24(30-29-21)28-25(34)35-13-20-18-10-3-1-8-16(18)17-9-2-4-11-19(17)20/h1-4,8-11,14-15,20H,5-7,12-13H2,(H,26,31)(H,32,33)(H2,27,28,29,30,34). The second-order valence-electron chi connectivity index (χ2n) is 8.83. The van der Waals surface area contributed by atoms with E-state index in [4.69, 9.17) is 4.74 Å². The third-order valence-corrected chi connectivity index (χ3v) is 6.62. The van der Waals surface area contributed by atoms with Crippen LogP contribution in [0.3, 0.4) is 0 Å². The Bertz CT molecular complexity index is 1230. The maximum atomic E-state index is 12.5. The zero-order valence-corrected chi connectivity index (χ0v) is 18.9. The van der Waals surface area contributed by atoms with Crippen LogP contribution < -0.4 is 10.6 Å². The highest BCUT2D eigenvalue weighted by molar-refractivity contribution is 5.91. The number of fused-ring (bicyclic) bond motifs is 3. The van der Waals surface area contributed by atoms with Gasteiger partial charge >= 0.3 is 12.1 Å². The fourth-order valence-electron chi connectivity index (χ4n) is 4.94. The molecule has 0 radical (unpaired) electrons. The van der Waals surface area contributed by atoms with Crippen molar-refractivity contribution in [2.75, 3.05) is 11.9 Å². The van der Waals surface area contributed by atoms with E-state index in [1.807, 2.05) is 36.4 Å². The Hall–Kier alpha value is -4.21. The van der Waals surface area contributed by atoms with Gasteiger partial charge in [0.15, 0.2) is 0 Å². The Balaban J connectivity index is 1.17. The van der Waals surface area contributed by atoms with Crippen molar-refractivity contribution in [1.82, 2.24) is 20.5 Å². The van der Waals surface area contributed by atoms with E-state index in [0.29, 0.717) is 19.3 Å². The normalized spacial score (nSPS) is 18.9. The second kappa shape index (κ2) is 9.57. The van der Waals surface area contributed by atoms with E-state index < -0.39 is 23.9 Å². The van der Waals surface area contributed by atoms with Crippen molar-refractivity contribution in [3.05, 3.63) is 65.5 Å². The molecule has 2 aromatic carbocycles. The number of carboxylic acids is 1. The van der Waals surface area contributed by atoms with E-state index in [1.165, 1.54) is 0 Å². The molecule has 10 heteroatoms. The molecule has 35 heavy (non-hydrogen) atoms. The number of carbonyl (C=O) groups excluding carboxylic acids is 2. The summed E-state index contributed by atoms with van der Waals surface area (Å²) in [6.07, 6.45) is 1.69. The van der Waals surface area contributed by atoms with E-state index >= 15 is 0 Å². The molecule has 2 aliphatic rings. The third-order valence-electron chi connectivity index (χ3n) is 6.62. The minimum absolute atomic E-state index is 0.0728. The summed E-state index contributed by atoms with van der Waals surface area (Å²) in [6, 6.07) is 15.8. The fourth-order valence-corrected chi connectivity index (χ4v) is 4.94. The zero-order valence-electron chi connectivity index (χ0n) is 18.9. The Morgan fingerprint density at radius 2 is 1.71 bits per heavy atom. The number of nitrogens with zero attached hydrogens (tertiary/aromatic N) is 2. The van der Waals surface area contributed by atoms with Gasteiger partial charge in [-0.15, -0.1) is 5.10 Å². The quantitative estimate of drug-likeness (QED) is 0.426. The van der Waals surface area contributed by atoms with Gasteiger partial charge in [-0.05, 0) is 41.5 Å². The first-order valence-electron chi connectivity index (χ1n) is 11.6. The molecular weight excluding hydrogens is 450 g/mol. The monoisotopic (exact) mass is 475 g/mol. The molecule has 2 atom stereocenters. The summed E-state index contributed by atoms with van der Waals surface area (Å²) < 4.78 is 5.47. The number of nitrogens with one attached hydrogen (secondary N) is 3. The van der Waals surface area contributed by atoms with Gasteiger partial charge in [-0.1, -0.05) is 55.0 Å². The van der Waals surface area contributed by atoms with Crippen LogP contribution in [0.1, 0.15) is 53.3 Å². The van der Waals surface area contributed by atoms with Crippen LogP contribution >= 0.6 is 0 Å². The topological polar surface area (TPSA) is 146 Å². The lowest BCUT2D eigenvalue weighted by molar-refractivity contribution is -0.143. The summed E-state index contributed by atoms with van der Waals surface area (Å²) in [5.41, 5.74) is 4.47. The number of carboxylic acid groups (broad SMARTS) is 1. The van der Waals surface area contributed by atoms with Crippen LogP contribution in [-0.2, 0) is 9.53 Å². The van der Waals surface area contributed by atoms with Gasteiger partial charge in [-0.2, -0.15) is 4.98 Å². The van der Waals surface area contributed by atoms with Crippen molar-refractivity contribution in [1.29, 1.82) is 0 Å². The van der Waals surface area contributed by atoms with Crippen LogP contribution in [0.5, 0.6) is 0 Å². The van der Waals surface area contributed by atoms with Crippen LogP contribution in [0.25, 0.3) is 11.1 Å². The molecule has 1 aromatic heterocycles. The van der Waals surface area contributed by atoms with Crippen LogP contribution in [0, 0.1) is 5.92 Å². The molecule has 2 unspecified atom stereocenters. The molecule has 10 nitrogen and oxygen atoms in total. The summed E-state index contributed by atoms with van der Waals surface area (Å²) in [4.78, 5) is 40.1. The largest absolute Gasteiger partial charge is 0.481 e. The molecule has 5 rings (SSSR count). The lowest BCUT2D eigenvalue weighted by Crippen LogP contribution is -2.40. The van der Waals surface area contributed by atoms with E-state index in [9.17, 15) is 19.5 Å². The summed E-state index contributed by atoms with van der Waals surface area (Å²) in [5.74, 6) is -2.05. The fraction of sp³-hybridized carbons (Fsp3) is 0.320. The predicted molar refractivity (Wildman–Crippen MR) is 126 cm³/mol. The SMILES string of the molecule is O=C(Nc1n[nH]c(C(=O)NC2CCCC(C(=O)O)C2)n1)OCC1c2ccccc2-c2ccccc21. The first kappa shape index (κ1) is 22.6. The molecule has 4 N–H and O–H groups in total. The minimum Gasteiger partial charge on any atom is -0.481 e. The summed E-state index contributed by atoms with van der Waals surface area (Å²) >= 11 is 0. The van der Waals surface area contributed by atoms with Crippen molar-refractivity contribution in [2.45, 2.75) is 37.6 Å². The van der Waals surface area contributed by atoms with E-state index in [2.05, 4.69) is 37.9 Å². The molecular formula is C25H25N5O5. The van der Waals surface area contributed by atoms with Gasteiger partial charge in [-0.3, -0.25) is 20.0 Å². The zero-order chi connectivity index (χ0) is 24.4. The molecule has 2 aliphatic carbocycles. The Morgan fingerprint density at radius 3 is 2.40 bits per heavy atom. The third kappa shape index (κ3) is 4.72. The summed E-state index contributed by atoms with van der Waals surface area (Å²) in [7, 11) is 0. The van der Waals surface area contributed by atoms with Gasteiger partial charge in [-0.25, -0.2) is 4.79 Å². The molecule has 0 bridgehead atoms. The van der Waals surface area contributed by atoms with Gasteiger partial charge in [0.25, 0.3) is 11.9 Å². The summed E-state index contributed by atoms with van der Waals surface area (Å²) in [5, 5.41) is 20.8. The molecule has 1 heterocycles. The van der Waals surface area contributed by atoms with Gasteiger partial charge in [0, 0.05) is 12.0 Å². The number of hydrogen-bond acceptors (Lipinski definition) is 6. The van der Waals surface area contributed by atoms with Crippen LogP contribution in [-0.4, -0.2) is 50.9 Å². The van der Waals surface area contributed by atoms with Crippen molar-refractivity contribution in [2.24, 2.45) is 5.92 Å². The number of aromatic amines is 1. The Kier molecular flexibility index (Phi) is 6.17. The maximum Gasteiger partial charge on any atom is 0.414 e. The highest BCUT2D eigenvalue weighted by atomic mass is 16.5. The van der Waals surface area contributed by atoms with Crippen molar-refractivity contribution in [3.63, 3.8) is 0 Å². The number of aromatic nitrogens is 3. The van der Waals surface area contributed by atoms with Gasteiger partial charge in [0.1, 0.15) is 6.61 Å². The van der Waals surface area contributed by atoms with Gasteiger partial charge < -0.3 is 15.2 Å². The summed E-state index contributed by atoms with van der Waals surface area (Å²) in [6.45, 7) is 0.143. The van der Waals surface area contributed by atoms with Crippen molar-refractivity contribution >= 4 is 23.9 Å². The second-order valence-corrected chi connectivity index (χ2v) is 8.83. The average molecular weight is 476 g/mol. The first-order valence-corrected chi connectivity index (χ1v) is 11.6. The number of anilines is 1. The number of ether oxygens (including phenoxy) is 1. The highest BCUT2D eigenvalue weighted by Gasteiger charge is 2.30. The Morgan fingerprint density at radius 1 is 1.03 bits per heavy atom. The van der Waals surface area contributed by atoms with Gasteiger partial charge in [0.05, 0.1) is 5.92 Å². The molecule has 0 aliphatic heterocycles. The number of carbonyl (C=O) groups is 3. The number of rotatable bonds is 6. The number of H-pyrrole nitrogens is 1. The number of benzene rings is 2. The van der Waals surface area contributed by atoms with E-state index in [1.54, 1.807) is 0 Å².